The van der Waals surface area contributed by atoms with Gasteiger partial charge in [0.05, 0.1) is 17.6 Å². The van der Waals surface area contributed by atoms with Crippen LogP contribution < -0.4 is 16.5 Å². The van der Waals surface area contributed by atoms with E-state index in [2.05, 4.69) is 10.7 Å². The second-order valence-corrected chi connectivity index (χ2v) is 11.2. The van der Waals surface area contributed by atoms with Crippen molar-refractivity contribution in [2.45, 2.75) is 57.7 Å². The molecule has 39 heavy (non-hydrogen) atoms. The van der Waals surface area contributed by atoms with E-state index in [9.17, 15) is 14.4 Å². The molecule has 2 aromatic carbocycles. The lowest BCUT2D eigenvalue weighted by atomic mass is 9.74. The van der Waals surface area contributed by atoms with E-state index in [1.54, 1.807) is 37.9 Å². The lowest BCUT2D eigenvalue weighted by molar-refractivity contribution is -0.146. The number of nitrogens with two attached hydrogens (primary N) is 1. The highest BCUT2D eigenvalue weighted by Crippen LogP contribution is 2.35. The summed E-state index contributed by atoms with van der Waals surface area (Å²) in [6.45, 7) is 4.66. The van der Waals surface area contributed by atoms with Crippen molar-refractivity contribution in [2.75, 3.05) is 33.8 Å². The Balaban J connectivity index is 1.77. The summed E-state index contributed by atoms with van der Waals surface area (Å²) < 4.78 is 5.83. The Morgan fingerprint density at radius 1 is 1.05 bits per heavy atom. The van der Waals surface area contributed by atoms with Crippen LogP contribution in [0.1, 0.15) is 44.2 Å². The molecule has 2 atom stereocenters. The molecular formula is C30H43N5O4. The smallest absolute Gasteiger partial charge is 0.245 e. The molecule has 0 spiro atoms. The van der Waals surface area contributed by atoms with Crippen molar-refractivity contribution in [3.8, 4) is 0 Å². The van der Waals surface area contributed by atoms with Crippen molar-refractivity contribution in [3.05, 3.63) is 71.8 Å². The Bertz CT molecular complexity index is 1090. The van der Waals surface area contributed by atoms with Crippen LogP contribution in [0.5, 0.6) is 0 Å². The summed E-state index contributed by atoms with van der Waals surface area (Å²) in [5, 5.41) is 4.48. The van der Waals surface area contributed by atoms with Crippen LogP contribution in [0.25, 0.3) is 0 Å². The van der Waals surface area contributed by atoms with Crippen LogP contribution in [0, 0.1) is 5.41 Å². The Hall–Kier alpha value is -3.27. The number of nitrogens with zero attached hydrogens (tertiary/aromatic N) is 2. The van der Waals surface area contributed by atoms with E-state index >= 15 is 0 Å². The average molecular weight is 538 g/mol. The third-order valence-corrected chi connectivity index (χ3v) is 6.93. The van der Waals surface area contributed by atoms with Gasteiger partial charge in [-0.25, -0.2) is 5.01 Å². The van der Waals surface area contributed by atoms with Gasteiger partial charge >= 0.3 is 0 Å². The molecule has 1 saturated heterocycles. The summed E-state index contributed by atoms with van der Waals surface area (Å²) in [5.41, 5.74) is 9.06. The van der Waals surface area contributed by atoms with Gasteiger partial charge in [-0.1, -0.05) is 60.7 Å². The first-order valence-electron chi connectivity index (χ1n) is 13.5. The fourth-order valence-corrected chi connectivity index (χ4v) is 4.83. The van der Waals surface area contributed by atoms with Crippen molar-refractivity contribution in [3.63, 3.8) is 0 Å². The van der Waals surface area contributed by atoms with Crippen LogP contribution in [0.2, 0.25) is 0 Å². The molecule has 2 aromatic rings. The molecule has 1 heterocycles. The Labute approximate surface area is 232 Å². The minimum atomic E-state index is -1.14. The fourth-order valence-electron chi connectivity index (χ4n) is 4.83. The second-order valence-electron chi connectivity index (χ2n) is 11.2. The molecule has 3 amide bonds. The van der Waals surface area contributed by atoms with Crippen LogP contribution in [0.3, 0.4) is 0 Å². The van der Waals surface area contributed by atoms with Gasteiger partial charge < -0.3 is 20.7 Å². The zero-order valence-electron chi connectivity index (χ0n) is 23.6. The molecule has 0 unspecified atom stereocenters. The van der Waals surface area contributed by atoms with E-state index < -0.39 is 22.9 Å². The summed E-state index contributed by atoms with van der Waals surface area (Å²) in [6, 6.07) is 18.8. The van der Waals surface area contributed by atoms with E-state index in [1.807, 2.05) is 60.7 Å². The normalized spacial score (nSPS) is 18.5. The molecular weight excluding hydrogens is 494 g/mol. The fraction of sp³-hybridized carbons (Fsp3) is 0.500. The summed E-state index contributed by atoms with van der Waals surface area (Å²) in [4.78, 5) is 41.9. The number of hydrogen-bond donors (Lipinski definition) is 3. The Kier molecular flexibility index (Phi) is 10.6. The number of carbonyl (C=O) groups excluding carboxylic acids is 3. The number of carbonyl (C=O) groups is 3. The highest BCUT2D eigenvalue weighted by atomic mass is 16.5. The van der Waals surface area contributed by atoms with E-state index in [-0.39, 0.29) is 25.0 Å². The zero-order valence-corrected chi connectivity index (χ0v) is 23.6. The van der Waals surface area contributed by atoms with E-state index in [0.717, 1.165) is 11.1 Å². The lowest BCUT2D eigenvalue weighted by Gasteiger charge is -2.43. The highest BCUT2D eigenvalue weighted by molar-refractivity contribution is 5.92. The Morgan fingerprint density at radius 3 is 2.26 bits per heavy atom. The first-order chi connectivity index (χ1) is 18.5. The number of hydrazine groups is 1. The number of amides is 3. The van der Waals surface area contributed by atoms with Gasteiger partial charge in [0.15, 0.2) is 0 Å². The highest BCUT2D eigenvalue weighted by Gasteiger charge is 2.45. The molecule has 3 rings (SSSR count). The van der Waals surface area contributed by atoms with Gasteiger partial charge in [0.25, 0.3) is 0 Å². The number of nitrogens with one attached hydrogen (secondary N) is 2. The number of benzene rings is 2. The van der Waals surface area contributed by atoms with Crippen LogP contribution >= 0.6 is 0 Å². The SMILES string of the molecule is CN(C)NC(=O)[C@@]1(Cc2ccccc2)CCCN(C(=O)[C@@H](CCOCc2ccccc2)NC(=O)C(C)(C)N)C1. The minimum Gasteiger partial charge on any atom is -0.377 e. The molecule has 0 aromatic heterocycles. The third-order valence-electron chi connectivity index (χ3n) is 6.93. The molecule has 0 radical (unpaired) electrons. The standard InChI is InChI=1S/C30H43N5O4/c1-29(2,31)27(37)32-25(16-19-39-21-24-14-9-6-10-15-24)26(36)35-18-11-17-30(22-35,28(38)33-34(3)4)20-23-12-7-5-8-13-23/h5-10,12-15,25H,11,16-22,31H2,1-4H3,(H,32,37)(H,33,38)/t25-,30-/m1/s1. The number of hydrogen-bond acceptors (Lipinski definition) is 6. The molecule has 4 N–H and O–H groups in total. The molecule has 9 heteroatoms. The second kappa shape index (κ2) is 13.7. The van der Waals surface area contributed by atoms with E-state index in [0.29, 0.717) is 38.8 Å². The lowest BCUT2D eigenvalue weighted by Crippen LogP contribution is -2.61. The summed E-state index contributed by atoms with van der Waals surface area (Å²) >= 11 is 0. The number of piperidine rings is 1. The molecule has 9 nitrogen and oxygen atoms in total. The number of likely N-dealkylation sites (tertiary alicyclic amines) is 1. The van der Waals surface area contributed by atoms with Gasteiger partial charge in [-0.15, -0.1) is 0 Å². The molecule has 1 fully saturated rings. The van der Waals surface area contributed by atoms with E-state index in [4.69, 9.17) is 10.5 Å². The maximum absolute atomic E-state index is 13.9. The predicted octanol–water partition coefficient (Wildman–Crippen LogP) is 2.26. The molecule has 1 aliphatic rings. The zero-order chi connectivity index (χ0) is 28.5. The minimum absolute atomic E-state index is 0.122. The molecule has 0 saturated carbocycles. The van der Waals surface area contributed by atoms with Gasteiger partial charge in [0, 0.05) is 33.8 Å². The van der Waals surface area contributed by atoms with Gasteiger partial charge in [0.2, 0.25) is 17.7 Å². The van der Waals surface area contributed by atoms with Crippen molar-refractivity contribution < 1.29 is 19.1 Å². The summed E-state index contributed by atoms with van der Waals surface area (Å²) in [7, 11) is 3.55. The van der Waals surface area contributed by atoms with Crippen LogP contribution in [-0.4, -0.2) is 73.0 Å². The number of ether oxygens (including phenoxy) is 1. The summed E-state index contributed by atoms with van der Waals surface area (Å²) in [5.74, 6) is -0.767. The van der Waals surface area contributed by atoms with Crippen molar-refractivity contribution >= 4 is 17.7 Å². The van der Waals surface area contributed by atoms with Crippen molar-refractivity contribution in [1.29, 1.82) is 0 Å². The first kappa shape index (κ1) is 30.3. The maximum atomic E-state index is 13.9. The maximum Gasteiger partial charge on any atom is 0.245 e. The van der Waals surface area contributed by atoms with Gasteiger partial charge in [-0.2, -0.15) is 0 Å². The molecule has 212 valence electrons. The third kappa shape index (κ3) is 8.88. The van der Waals surface area contributed by atoms with Crippen LogP contribution in [-0.2, 0) is 32.1 Å². The van der Waals surface area contributed by atoms with Gasteiger partial charge in [0.1, 0.15) is 6.04 Å². The van der Waals surface area contributed by atoms with Crippen LogP contribution in [0.4, 0.5) is 0 Å². The monoisotopic (exact) mass is 537 g/mol. The van der Waals surface area contributed by atoms with Crippen molar-refractivity contribution in [2.24, 2.45) is 11.1 Å². The molecule has 1 aliphatic heterocycles. The largest absolute Gasteiger partial charge is 0.377 e. The van der Waals surface area contributed by atoms with Gasteiger partial charge in [-0.3, -0.25) is 19.8 Å². The Morgan fingerprint density at radius 2 is 1.67 bits per heavy atom. The molecule has 0 bridgehead atoms. The average Bonchev–Trinajstić information content (AvgIpc) is 2.90. The summed E-state index contributed by atoms with van der Waals surface area (Å²) in [6.07, 6.45) is 2.12. The van der Waals surface area contributed by atoms with Crippen LogP contribution in [0.15, 0.2) is 60.7 Å². The topological polar surface area (TPSA) is 117 Å². The van der Waals surface area contributed by atoms with E-state index in [1.165, 1.54) is 0 Å². The van der Waals surface area contributed by atoms with Crippen molar-refractivity contribution in [1.82, 2.24) is 20.7 Å². The quantitative estimate of drug-likeness (QED) is 0.283. The number of rotatable bonds is 12. The van der Waals surface area contributed by atoms with Gasteiger partial charge in [-0.05, 0) is 50.7 Å². The molecule has 0 aliphatic carbocycles. The predicted molar refractivity (Wildman–Crippen MR) is 151 cm³/mol. The first-order valence-corrected chi connectivity index (χ1v) is 13.5.